The monoisotopic (exact) mass is 383 g/mol. The number of H-pyrrole nitrogens is 1. The number of hydrogen-bond donors (Lipinski definition) is 2. The van der Waals surface area contributed by atoms with E-state index in [1.54, 1.807) is 12.1 Å². The molecule has 2 N–H and O–H groups in total. The molecule has 28 heavy (non-hydrogen) atoms. The fourth-order valence-electron chi connectivity index (χ4n) is 2.31. The van der Waals surface area contributed by atoms with Crippen LogP contribution in [0.3, 0.4) is 0 Å². The molecule has 2 aromatic carbocycles. The lowest BCUT2D eigenvalue weighted by atomic mass is 10.1. The molecule has 0 aliphatic carbocycles. The van der Waals surface area contributed by atoms with Gasteiger partial charge in [0.05, 0.1) is 15.5 Å². The molecule has 0 spiro atoms. The number of aromatic amines is 1. The van der Waals surface area contributed by atoms with Crippen LogP contribution in [0.4, 0.5) is 17.2 Å². The Labute approximate surface area is 157 Å². The number of nitrogens with one attached hydrogen (secondary N) is 2. The van der Waals surface area contributed by atoms with Crippen molar-refractivity contribution in [2.75, 3.05) is 11.9 Å². The highest BCUT2D eigenvalue weighted by Crippen LogP contribution is 2.24. The fourth-order valence-corrected chi connectivity index (χ4v) is 2.31. The van der Waals surface area contributed by atoms with E-state index >= 15 is 0 Å². The summed E-state index contributed by atoms with van der Waals surface area (Å²) in [6.45, 7) is -0.323. The molecule has 0 radical (unpaired) electrons. The van der Waals surface area contributed by atoms with Gasteiger partial charge in [-0.05, 0) is 12.1 Å². The number of carbonyl (C=O) groups is 1. The lowest BCUT2D eigenvalue weighted by Gasteiger charge is -2.05. The van der Waals surface area contributed by atoms with Gasteiger partial charge in [-0.2, -0.15) is 5.10 Å². The van der Waals surface area contributed by atoms with Crippen molar-refractivity contribution in [2.24, 2.45) is 0 Å². The van der Waals surface area contributed by atoms with E-state index in [4.69, 9.17) is 4.74 Å². The Balaban J connectivity index is 1.58. The van der Waals surface area contributed by atoms with Crippen molar-refractivity contribution in [1.82, 2.24) is 10.2 Å². The van der Waals surface area contributed by atoms with Crippen LogP contribution in [-0.2, 0) is 4.79 Å². The average molecular weight is 383 g/mol. The minimum absolute atomic E-state index is 0.0609. The number of carbonyl (C=O) groups excluding carboxylic acids is 1. The van der Waals surface area contributed by atoms with Gasteiger partial charge in [-0.3, -0.25) is 30.1 Å². The molecule has 0 unspecified atom stereocenters. The molecule has 1 heterocycles. The van der Waals surface area contributed by atoms with Gasteiger partial charge in [0.25, 0.3) is 17.3 Å². The van der Waals surface area contributed by atoms with Gasteiger partial charge in [0, 0.05) is 35.9 Å². The largest absolute Gasteiger partial charge is 0.484 e. The number of amides is 1. The molecule has 3 aromatic rings. The second-order valence-electron chi connectivity index (χ2n) is 5.56. The van der Waals surface area contributed by atoms with E-state index in [0.717, 1.165) is 0 Å². The Bertz CT molecular complexity index is 1030. The Morgan fingerprint density at radius 1 is 1.04 bits per heavy atom. The van der Waals surface area contributed by atoms with E-state index in [2.05, 4.69) is 15.5 Å². The summed E-state index contributed by atoms with van der Waals surface area (Å²) in [5.41, 5.74) is 0.899. The molecule has 11 heteroatoms. The van der Waals surface area contributed by atoms with Crippen LogP contribution in [0.25, 0.3) is 11.3 Å². The number of aromatic nitrogens is 2. The lowest BCUT2D eigenvalue weighted by Crippen LogP contribution is -2.20. The van der Waals surface area contributed by atoms with Crippen molar-refractivity contribution in [2.45, 2.75) is 0 Å². The van der Waals surface area contributed by atoms with Crippen molar-refractivity contribution in [3.63, 3.8) is 0 Å². The highest BCUT2D eigenvalue weighted by atomic mass is 16.6. The van der Waals surface area contributed by atoms with Crippen LogP contribution >= 0.6 is 0 Å². The summed E-state index contributed by atoms with van der Waals surface area (Å²) in [6, 6.07) is 12.8. The summed E-state index contributed by atoms with van der Waals surface area (Å²) in [5.74, 6) is 0.0364. The Hall–Kier alpha value is -4.28. The average Bonchev–Trinajstić information content (AvgIpc) is 3.15. The van der Waals surface area contributed by atoms with E-state index in [0.29, 0.717) is 17.0 Å². The zero-order valence-corrected chi connectivity index (χ0v) is 14.2. The van der Waals surface area contributed by atoms with Gasteiger partial charge in [0.1, 0.15) is 5.75 Å². The molecule has 1 aromatic heterocycles. The molecule has 3 rings (SSSR count). The van der Waals surface area contributed by atoms with Crippen LogP contribution in [-0.4, -0.2) is 32.6 Å². The SMILES string of the molecule is O=C(COc1ccc([N+](=O)[O-])cc1)Nc1cc(-c2cccc([N+](=O)[O-])c2)[nH]n1. The third kappa shape index (κ3) is 4.46. The van der Waals surface area contributed by atoms with Crippen LogP contribution in [0.1, 0.15) is 0 Å². The number of nitro groups is 2. The summed E-state index contributed by atoms with van der Waals surface area (Å²) < 4.78 is 5.26. The minimum atomic E-state index is -0.535. The van der Waals surface area contributed by atoms with Crippen molar-refractivity contribution >= 4 is 23.1 Å². The first kappa shape index (κ1) is 18.5. The molecule has 0 saturated carbocycles. The predicted octanol–water partition coefficient (Wildman–Crippen LogP) is 2.91. The first-order valence-corrected chi connectivity index (χ1v) is 7.90. The van der Waals surface area contributed by atoms with E-state index in [-0.39, 0.29) is 23.8 Å². The summed E-state index contributed by atoms with van der Waals surface area (Å²) in [5, 5.41) is 30.6. The number of anilines is 1. The van der Waals surface area contributed by atoms with Crippen LogP contribution in [0.2, 0.25) is 0 Å². The van der Waals surface area contributed by atoms with E-state index in [9.17, 15) is 25.0 Å². The van der Waals surface area contributed by atoms with Gasteiger partial charge in [0.15, 0.2) is 12.4 Å². The zero-order chi connectivity index (χ0) is 20.1. The first-order chi connectivity index (χ1) is 13.4. The van der Waals surface area contributed by atoms with Crippen LogP contribution < -0.4 is 10.1 Å². The summed E-state index contributed by atoms with van der Waals surface area (Å²) in [6.07, 6.45) is 0. The second-order valence-corrected chi connectivity index (χ2v) is 5.56. The summed E-state index contributed by atoms with van der Waals surface area (Å²) in [4.78, 5) is 32.4. The van der Waals surface area contributed by atoms with E-state index in [1.807, 2.05) is 0 Å². The third-order valence-corrected chi connectivity index (χ3v) is 3.63. The second kappa shape index (κ2) is 7.95. The third-order valence-electron chi connectivity index (χ3n) is 3.63. The van der Waals surface area contributed by atoms with Gasteiger partial charge in [0.2, 0.25) is 0 Å². The van der Waals surface area contributed by atoms with Crippen LogP contribution in [0.5, 0.6) is 5.75 Å². The number of hydrogen-bond acceptors (Lipinski definition) is 7. The zero-order valence-electron chi connectivity index (χ0n) is 14.2. The molecule has 0 aliphatic heterocycles. The van der Waals surface area contributed by atoms with Crippen LogP contribution in [0, 0.1) is 20.2 Å². The van der Waals surface area contributed by atoms with E-state index in [1.165, 1.54) is 42.5 Å². The topological polar surface area (TPSA) is 153 Å². The molecule has 0 saturated heterocycles. The highest BCUT2D eigenvalue weighted by molar-refractivity contribution is 5.91. The van der Waals surface area contributed by atoms with Gasteiger partial charge in [-0.1, -0.05) is 12.1 Å². The maximum absolute atomic E-state index is 12.0. The fraction of sp³-hybridized carbons (Fsp3) is 0.0588. The van der Waals surface area contributed by atoms with Crippen molar-refractivity contribution in [3.05, 3.63) is 74.8 Å². The number of benzene rings is 2. The molecule has 0 atom stereocenters. The molecule has 1 amide bonds. The Morgan fingerprint density at radius 3 is 2.43 bits per heavy atom. The van der Waals surface area contributed by atoms with Gasteiger partial charge in [-0.25, -0.2) is 0 Å². The van der Waals surface area contributed by atoms with Crippen molar-refractivity contribution < 1.29 is 19.4 Å². The number of nitrogens with zero attached hydrogens (tertiary/aromatic N) is 3. The van der Waals surface area contributed by atoms with Gasteiger partial charge >= 0.3 is 0 Å². The Kier molecular flexibility index (Phi) is 5.25. The standard InChI is InChI=1S/C17H13N5O6/c23-17(10-28-14-6-4-12(5-7-14)21(24)25)18-16-9-15(19-20-16)11-2-1-3-13(8-11)22(26)27/h1-9H,10H2,(H2,18,19,20,23). The smallest absolute Gasteiger partial charge is 0.270 e. The molecular weight excluding hydrogens is 370 g/mol. The number of non-ortho nitro benzene ring substituents is 2. The summed E-state index contributed by atoms with van der Waals surface area (Å²) in [7, 11) is 0. The number of rotatable bonds is 7. The number of nitro benzene ring substituents is 2. The number of ether oxygens (including phenoxy) is 1. The molecular formula is C17H13N5O6. The van der Waals surface area contributed by atoms with Crippen LogP contribution in [0.15, 0.2) is 54.6 Å². The van der Waals surface area contributed by atoms with E-state index < -0.39 is 15.8 Å². The highest BCUT2D eigenvalue weighted by Gasteiger charge is 2.12. The molecule has 142 valence electrons. The molecule has 0 aliphatic rings. The molecule has 0 bridgehead atoms. The maximum Gasteiger partial charge on any atom is 0.270 e. The lowest BCUT2D eigenvalue weighted by molar-refractivity contribution is -0.385. The molecule has 11 nitrogen and oxygen atoms in total. The molecule has 0 fully saturated rings. The van der Waals surface area contributed by atoms with Crippen molar-refractivity contribution in [3.8, 4) is 17.0 Å². The van der Waals surface area contributed by atoms with Gasteiger partial charge in [-0.15, -0.1) is 0 Å². The summed E-state index contributed by atoms with van der Waals surface area (Å²) >= 11 is 0. The quantitative estimate of drug-likeness (QED) is 0.469. The minimum Gasteiger partial charge on any atom is -0.484 e. The predicted molar refractivity (Wildman–Crippen MR) is 97.9 cm³/mol. The normalized spacial score (nSPS) is 10.3. The Morgan fingerprint density at radius 2 is 1.75 bits per heavy atom. The van der Waals surface area contributed by atoms with Crippen molar-refractivity contribution in [1.29, 1.82) is 0 Å². The van der Waals surface area contributed by atoms with Gasteiger partial charge < -0.3 is 10.1 Å². The maximum atomic E-state index is 12.0. The first-order valence-electron chi connectivity index (χ1n) is 7.90.